The Balaban J connectivity index is 1.75. The van der Waals surface area contributed by atoms with Gasteiger partial charge in [0.15, 0.2) is 0 Å². The molecule has 10 heteroatoms. The molecule has 0 aliphatic carbocycles. The maximum atomic E-state index is 12.6. The fourth-order valence-corrected chi connectivity index (χ4v) is 4.16. The summed E-state index contributed by atoms with van der Waals surface area (Å²) in [5.41, 5.74) is 0.321. The highest BCUT2D eigenvalue weighted by Gasteiger charge is 2.29. The van der Waals surface area contributed by atoms with Crippen LogP contribution in [0.15, 0.2) is 41.4 Å². The molecule has 0 bridgehead atoms. The van der Waals surface area contributed by atoms with Gasteiger partial charge < -0.3 is 10.6 Å². The van der Waals surface area contributed by atoms with E-state index in [2.05, 4.69) is 15.7 Å². The van der Waals surface area contributed by atoms with Crippen molar-refractivity contribution in [3.8, 4) is 0 Å². The molecule has 1 aromatic heterocycles. The Kier molecular flexibility index (Phi) is 5.29. The Morgan fingerprint density at radius 2 is 1.93 bits per heavy atom. The molecule has 9 nitrogen and oxygen atoms in total. The molecule has 27 heavy (non-hydrogen) atoms. The highest BCUT2D eigenvalue weighted by molar-refractivity contribution is 7.89. The molecule has 1 aromatic carbocycles. The quantitative estimate of drug-likeness (QED) is 0.784. The molecule has 0 radical (unpaired) electrons. The predicted molar refractivity (Wildman–Crippen MR) is 98.8 cm³/mol. The number of piperazine rings is 1. The molecule has 0 spiro atoms. The summed E-state index contributed by atoms with van der Waals surface area (Å²) in [4.78, 5) is 23.9. The summed E-state index contributed by atoms with van der Waals surface area (Å²) in [6.45, 7) is 4.19. The molecule has 144 valence electrons. The van der Waals surface area contributed by atoms with Crippen molar-refractivity contribution in [3.05, 3.63) is 42.1 Å². The van der Waals surface area contributed by atoms with Crippen molar-refractivity contribution in [2.45, 2.75) is 24.8 Å². The lowest BCUT2D eigenvalue weighted by Crippen LogP contribution is -2.49. The lowest BCUT2D eigenvalue weighted by molar-refractivity contribution is -0.122. The van der Waals surface area contributed by atoms with Gasteiger partial charge in [0.2, 0.25) is 15.9 Å². The van der Waals surface area contributed by atoms with Crippen LogP contribution in [0.2, 0.25) is 0 Å². The van der Waals surface area contributed by atoms with Crippen LogP contribution in [0.5, 0.6) is 0 Å². The van der Waals surface area contributed by atoms with E-state index in [1.54, 1.807) is 16.9 Å². The van der Waals surface area contributed by atoms with Crippen LogP contribution >= 0.6 is 0 Å². The highest BCUT2D eigenvalue weighted by Crippen LogP contribution is 2.19. The Labute approximate surface area is 157 Å². The van der Waals surface area contributed by atoms with Gasteiger partial charge in [0.1, 0.15) is 5.82 Å². The minimum Gasteiger partial charge on any atom is -0.354 e. The number of carbonyl (C=O) groups excluding carboxylic acids is 2. The molecule has 1 fully saturated rings. The van der Waals surface area contributed by atoms with Crippen molar-refractivity contribution in [2.75, 3.05) is 25.0 Å². The van der Waals surface area contributed by atoms with Crippen LogP contribution in [0.25, 0.3) is 0 Å². The van der Waals surface area contributed by atoms with Gasteiger partial charge in [0, 0.05) is 30.8 Å². The molecule has 1 aliphatic heterocycles. The topological polar surface area (TPSA) is 113 Å². The summed E-state index contributed by atoms with van der Waals surface area (Å²) in [5.74, 6) is -0.132. The first-order valence-corrected chi connectivity index (χ1v) is 9.95. The van der Waals surface area contributed by atoms with Crippen LogP contribution in [0.3, 0.4) is 0 Å². The number of nitrogens with zero attached hydrogens (tertiary/aromatic N) is 3. The maximum Gasteiger partial charge on any atom is 0.256 e. The van der Waals surface area contributed by atoms with E-state index in [4.69, 9.17) is 0 Å². The summed E-state index contributed by atoms with van der Waals surface area (Å²) in [7, 11) is -3.78. The number of benzene rings is 1. The standard InChI is InChI=1S/C17H21N5O4S/c1-12(2)22-15(7-8-19-22)20-17(24)13-3-5-14(6-4-13)27(25,26)21-10-9-18-16(23)11-21/h3-8,12H,9-11H2,1-2H3,(H,18,23)(H,20,24). The van der Waals surface area contributed by atoms with E-state index < -0.39 is 10.0 Å². The number of rotatable bonds is 5. The highest BCUT2D eigenvalue weighted by atomic mass is 32.2. The van der Waals surface area contributed by atoms with Gasteiger partial charge >= 0.3 is 0 Å². The number of hydrogen-bond acceptors (Lipinski definition) is 5. The molecule has 0 atom stereocenters. The second-order valence-electron chi connectivity index (χ2n) is 6.42. The van der Waals surface area contributed by atoms with E-state index >= 15 is 0 Å². The Hall–Kier alpha value is -2.72. The van der Waals surface area contributed by atoms with Crippen LogP contribution in [0, 0.1) is 0 Å². The van der Waals surface area contributed by atoms with E-state index in [1.165, 1.54) is 24.3 Å². The average molecular weight is 391 g/mol. The molecule has 2 N–H and O–H groups in total. The lowest BCUT2D eigenvalue weighted by Gasteiger charge is -2.25. The van der Waals surface area contributed by atoms with Gasteiger partial charge in [-0.05, 0) is 38.1 Å². The number of hydrogen-bond donors (Lipinski definition) is 2. The molecular formula is C17H21N5O4S. The summed E-state index contributed by atoms with van der Waals surface area (Å²) >= 11 is 0. The first-order valence-electron chi connectivity index (χ1n) is 8.51. The third-order valence-electron chi connectivity index (χ3n) is 4.16. The molecule has 2 heterocycles. The summed E-state index contributed by atoms with van der Waals surface area (Å²) in [6, 6.07) is 7.42. The molecule has 1 aliphatic rings. The van der Waals surface area contributed by atoms with E-state index in [1.807, 2.05) is 13.8 Å². The van der Waals surface area contributed by atoms with Gasteiger partial charge in [-0.2, -0.15) is 9.40 Å². The zero-order valence-electron chi connectivity index (χ0n) is 15.0. The SMILES string of the molecule is CC(C)n1nccc1NC(=O)c1ccc(S(=O)(=O)N2CCNC(=O)C2)cc1. The van der Waals surface area contributed by atoms with Crippen molar-refractivity contribution >= 4 is 27.7 Å². The van der Waals surface area contributed by atoms with Crippen LogP contribution in [-0.4, -0.2) is 54.0 Å². The van der Waals surface area contributed by atoms with E-state index in [-0.39, 0.29) is 42.4 Å². The number of nitrogens with one attached hydrogen (secondary N) is 2. The van der Waals surface area contributed by atoms with Crippen molar-refractivity contribution in [1.82, 2.24) is 19.4 Å². The van der Waals surface area contributed by atoms with Gasteiger partial charge in [-0.25, -0.2) is 13.1 Å². The molecule has 1 saturated heterocycles. The fourth-order valence-electron chi connectivity index (χ4n) is 2.76. The minimum absolute atomic E-state index is 0.0426. The second-order valence-corrected chi connectivity index (χ2v) is 8.36. The zero-order valence-corrected chi connectivity index (χ0v) is 15.9. The first kappa shape index (κ1) is 19.1. The lowest BCUT2D eigenvalue weighted by atomic mass is 10.2. The van der Waals surface area contributed by atoms with Crippen molar-refractivity contribution in [1.29, 1.82) is 0 Å². The largest absolute Gasteiger partial charge is 0.354 e. The van der Waals surface area contributed by atoms with Crippen molar-refractivity contribution in [3.63, 3.8) is 0 Å². The monoisotopic (exact) mass is 391 g/mol. The Morgan fingerprint density at radius 3 is 2.56 bits per heavy atom. The fraction of sp³-hybridized carbons (Fsp3) is 0.353. The summed E-state index contributed by atoms with van der Waals surface area (Å²) in [6.07, 6.45) is 1.60. The second kappa shape index (κ2) is 7.49. The van der Waals surface area contributed by atoms with Gasteiger partial charge in [-0.1, -0.05) is 0 Å². The van der Waals surface area contributed by atoms with Gasteiger partial charge in [0.05, 0.1) is 17.6 Å². The number of anilines is 1. The molecule has 0 unspecified atom stereocenters. The first-order chi connectivity index (χ1) is 12.8. The molecule has 0 saturated carbocycles. The zero-order chi connectivity index (χ0) is 19.6. The van der Waals surface area contributed by atoms with Crippen LogP contribution in [-0.2, 0) is 14.8 Å². The van der Waals surface area contributed by atoms with Gasteiger partial charge in [0.25, 0.3) is 5.91 Å². The van der Waals surface area contributed by atoms with E-state index in [0.29, 0.717) is 11.4 Å². The Bertz CT molecular complexity index is 950. The third kappa shape index (κ3) is 4.01. The van der Waals surface area contributed by atoms with Crippen LogP contribution < -0.4 is 10.6 Å². The van der Waals surface area contributed by atoms with Crippen LogP contribution in [0.1, 0.15) is 30.2 Å². The molecule has 3 rings (SSSR count). The average Bonchev–Trinajstić information content (AvgIpc) is 3.10. The number of aromatic nitrogens is 2. The minimum atomic E-state index is -3.78. The number of carbonyl (C=O) groups is 2. The van der Waals surface area contributed by atoms with Crippen molar-refractivity contribution < 1.29 is 18.0 Å². The summed E-state index contributed by atoms with van der Waals surface area (Å²) in [5, 5.41) is 9.50. The van der Waals surface area contributed by atoms with Gasteiger partial charge in [-0.15, -0.1) is 0 Å². The number of amides is 2. The van der Waals surface area contributed by atoms with Gasteiger partial charge in [-0.3, -0.25) is 9.59 Å². The molecule has 2 aromatic rings. The normalized spacial score (nSPS) is 15.6. The van der Waals surface area contributed by atoms with E-state index in [0.717, 1.165) is 4.31 Å². The third-order valence-corrected chi connectivity index (χ3v) is 6.02. The molecular weight excluding hydrogens is 370 g/mol. The van der Waals surface area contributed by atoms with E-state index in [9.17, 15) is 18.0 Å². The van der Waals surface area contributed by atoms with Crippen LogP contribution in [0.4, 0.5) is 5.82 Å². The number of sulfonamides is 1. The molecule has 2 amide bonds. The summed E-state index contributed by atoms with van der Waals surface area (Å²) < 4.78 is 28.1. The maximum absolute atomic E-state index is 12.6. The Morgan fingerprint density at radius 1 is 1.22 bits per heavy atom. The predicted octanol–water partition coefficient (Wildman–Crippen LogP) is 0.837. The van der Waals surface area contributed by atoms with Crippen molar-refractivity contribution in [2.24, 2.45) is 0 Å². The smallest absolute Gasteiger partial charge is 0.256 e.